The Morgan fingerprint density at radius 2 is 2.11 bits per heavy atom. The number of hydrogen-bond acceptors (Lipinski definition) is 3. The Balaban J connectivity index is 1.86. The van der Waals surface area contributed by atoms with Gasteiger partial charge >= 0.3 is 0 Å². The fourth-order valence-corrected chi connectivity index (χ4v) is 2.86. The van der Waals surface area contributed by atoms with E-state index in [0.29, 0.717) is 0 Å². The number of aliphatic hydroxyl groups excluding tert-OH is 1. The first-order chi connectivity index (χ1) is 8.88. The second kappa shape index (κ2) is 7.49. The van der Waals surface area contributed by atoms with E-state index in [-0.39, 0.29) is 6.61 Å². The Morgan fingerprint density at radius 1 is 1.28 bits per heavy atom. The van der Waals surface area contributed by atoms with Gasteiger partial charge in [-0.05, 0) is 30.4 Å². The van der Waals surface area contributed by atoms with Crippen molar-refractivity contribution in [1.29, 1.82) is 0 Å². The van der Waals surface area contributed by atoms with Crippen LogP contribution in [-0.4, -0.2) is 34.7 Å². The van der Waals surface area contributed by atoms with Crippen LogP contribution >= 0.6 is 0 Å². The molecule has 1 aliphatic carbocycles. The Labute approximate surface area is 110 Å². The molecule has 100 valence electrons. The quantitative estimate of drug-likeness (QED) is 0.840. The maximum Gasteiger partial charge on any atom is 0.0558 e. The zero-order chi connectivity index (χ0) is 12.6. The molecule has 1 fully saturated rings. The van der Waals surface area contributed by atoms with Crippen LogP contribution in [0.15, 0.2) is 24.5 Å². The molecule has 1 aromatic heterocycles. The summed E-state index contributed by atoms with van der Waals surface area (Å²) in [6.45, 7) is 3.04. The van der Waals surface area contributed by atoms with Crippen LogP contribution in [0.4, 0.5) is 0 Å². The van der Waals surface area contributed by atoms with E-state index >= 15 is 0 Å². The first kappa shape index (κ1) is 13.5. The maximum atomic E-state index is 9.19. The Hall–Kier alpha value is -0.930. The summed E-state index contributed by atoms with van der Waals surface area (Å²) in [6, 6.07) is 4.09. The molecule has 0 amide bonds. The van der Waals surface area contributed by atoms with Gasteiger partial charge in [0.25, 0.3) is 0 Å². The standard InChI is InChI=1S/C15H24N2O/c18-10-9-17(12-14-5-2-1-3-6-14)13-15-7-4-8-16-11-15/h4,7-8,11,14,18H,1-3,5-6,9-10,12-13H2. The topological polar surface area (TPSA) is 36.4 Å². The van der Waals surface area contributed by atoms with E-state index in [0.717, 1.165) is 25.6 Å². The highest BCUT2D eigenvalue weighted by atomic mass is 16.3. The smallest absolute Gasteiger partial charge is 0.0558 e. The molecular weight excluding hydrogens is 224 g/mol. The molecule has 1 aromatic rings. The summed E-state index contributed by atoms with van der Waals surface area (Å²) in [5, 5.41) is 9.19. The molecule has 0 atom stereocenters. The Kier molecular flexibility index (Phi) is 5.62. The Bertz CT molecular complexity index is 323. The van der Waals surface area contributed by atoms with Crippen molar-refractivity contribution in [3.05, 3.63) is 30.1 Å². The molecule has 0 aliphatic heterocycles. The van der Waals surface area contributed by atoms with E-state index < -0.39 is 0 Å². The lowest BCUT2D eigenvalue weighted by Crippen LogP contribution is -2.32. The molecule has 3 heteroatoms. The van der Waals surface area contributed by atoms with Gasteiger partial charge in [-0.1, -0.05) is 25.3 Å². The van der Waals surface area contributed by atoms with E-state index in [4.69, 9.17) is 0 Å². The number of aliphatic hydroxyl groups is 1. The highest BCUT2D eigenvalue weighted by Gasteiger charge is 2.17. The van der Waals surface area contributed by atoms with Gasteiger partial charge in [0, 0.05) is 32.0 Å². The first-order valence-corrected chi connectivity index (χ1v) is 7.10. The normalized spacial score (nSPS) is 17.2. The summed E-state index contributed by atoms with van der Waals surface area (Å²) in [5.74, 6) is 0.821. The molecule has 1 N–H and O–H groups in total. The van der Waals surface area contributed by atoms with Gasteiger partial charge in [0.05, 0.1) is 6.61 Å². The molecule has 1 saturated carbocycles. The van der Waals surface area contributed by atoms with Crippen molar-refractivity contribution in [2.24, 2.45) is 5.92 Å². The van der Waals surface area contributed by atoms with E-state index in [1.807, 2.05) is 12.3 Å². The van der Waals surface area contributed by atoms with Gasteiger partial charge in [-0.3, -0.25) is 9.88 Å². The fraction of sp³-hybridized carbons (Fsp3) is 0.667. The van der Waals surface area contributed by atoms with E-state index in [1.54, 1.807) is 6.20 Å². The van der Waals surface area contributed by atoms with Crippen molar-refractivity contribution in [3.8, 4) is 0 Å². The van der Waals surface area contributed by atoms with E-state index in [9.17, 15) is 5.11 Å². The van der Waals surface area contributed by atoms with Crippen molar-refractivity contribution in [2.75, 3.05) is 19.7 Å². The second-order valence-corrected chi connectivity index (χ2v) is 5.32. The number of rotatable bonds is 6. The highest BCUT2D eigenvalue weighted by molar-refractivity contribution is 5.08. The largest absolute Gasteiger partial charge is 0.395 e. The van der Waals surface area contributed by atoms with Crippen LogP contribution in [0.2, 0.25) is 0 Å². The average molecular weight is 248 g/mol. The van der Waals surface area contributed by atoms with Gasteiger partial charge in [-0.2, -0.15) is 0 Å². The molecule has 0 unspecified atom stereocenters. The summed E-state index contributed by atoms with van der Waals surface area (Å²) in [5.41, 5.74) is 1.24. The predicted molar refractivity (Wildman–Crippen MR) is 73.2 cm³/mol. The van der Waals surface area contributed by atoms with E-state index in [2.05, 4.69) is 16.0 Å². The number of hydrogen-bond donors (Lipinski definition) is 1. The van der Waals surface area contributed by atoms with Crippen LogP contribution in [0.1, 0.15) is 37.7 Å². The van der Waals surface area contributed by atoms with Gasteiger partial charge < -0.3 is 5.11 Å². The minimum atomic E-state index is 0.243. The second-order valence-electron chi connectivity index (χ2n) is 5.32. The lowest BCUT2D eigenvalue weighted by molar-refractivity contribution is 0.154. The molecule has 2 rings (SSSR count). The van der Waals surface area contributed by atoms with Crippen molar-refractivity contribution in [1.82, 2.24) is 9.88 Å². The Morgan fingerprint density at radius 3 is 2.78 bits per heavy atom. The lowest BCUT2D eigenvalue weighted by atomic mass is 9.89. The van der Waals surface area contributed by atoms with Crippen LogP contribution in [-0.2, 0) is 6.54 Å². The summed E-state index contributed by atoms with van der Waals surface area (Å²) in [7, 11) is 0. The highest BCUT2D eigenvalue weighted by Crippen LogP contribution is 2.24. The van der Waals surface area contributed by atoms with E-state index in [1.165, 1.54) is 37.7 Å². The number of pyridine rings is 1. The predicted octanol–water partition coefficient (Wildman–Crippen LogP) is 2.46. The molecule has 1 aliphatic rings. The summed E-state index contributed by atoms with van der Waals surface area (Å²) >= 11 is 0. The van der Waals surface area contributed by atoms with Gasteiger partial charge in [0.15, 0.2) is 0 Å². The SMILES string of the molecule is OCCN(Cc1cccnc1)CC1CCCCC1. The van der Waals surface area contributed by atoms with Crippen molar-refractivity contribution in [3.63, 3.8) is 0 Å². The minimum Gasteiger partial charge on any atom is -0.395 e. The molecule has 0 aromatic carbocycles. The van der Waals surface area contributed by atoms with Crippen LogP contribution in [0.3, 0.4) is 0 Å². The summed E-state index contributed by atoms with van der Waals surface area (Å²) < 4.78 is 0. The molecule has 3 nitrogen and oxygen atoms in total. The first-order valence-electron chi connectivity index (χ1n) is 7.10. The third-order valence-corrected chi connectivity index (χ3v) is 3.79. The zero-order valence-electron chi connectivity index (χ0n) is 11.1. The van der Waals surface area contributed by atoms with Gasteiger partial charge in [0.1, 0.15) is 0 Å². The maximum absolute atomic E-state index is 9.19. The number of aromatic nitrogens is 1. The third-order valence-electron chi connectivity index (χ3n) is 3.79. The molecule has 18 heavy (non-hydrogen) atoms. The zero-order valence-corrected chi connectivity index (χ0v) is 11.1. The summed E-state index contributed by atoms with van der Waals surface area (Å²) in [4.78, 5) is 6.52. The van der Waals surface area contributed by atoms with Crippen molar-refractivity contribution < 1.29 is 5.11 Å². The van der Waals surface area contributed by atoms with Gasteiger partial charge in [-0.15, -0.1) is 0 Å². The van der Waals surface area contributed by atoms with Crippen LogP contribution in [0.5, 0.6) is 0 Å². The van der Waals surface area contributed by atoms with Crippen LogP contribution < -0.4 is 0 Å². The average Bonchev–Trinajstić information content (AvgIpc) is 2.41. The monoisotopic (exact) mass is 248 g/mol. The van der Waals surface area contributed by atoms with Crippen LogP contribution in [0.25, 0.3) is 0 Å². The minimum absolute atomic E-state index is 0.243. The van der Waals surface area contributed by atoms with Gasteiger partial charge in [0.2, 0.25) is 0 Å². The number of nitrogens with zero attached hydrogens (tertiary/aromatic N) is 2. The van der Waals surface area contributed by atoms with Crippen LogP contribution in [0, 0.1) is 5.92 Å². The molecule has 0 radical (unpaired) electrons. The van der Waals surface area contributed by atoms with Crippen molar-refractivity contribution >= 4 is 0 Å². The molecule has 0 bridgehead atoms. The lowest BCUT2D eigenvalue weighted by Gasteiger charge is -2.29. The molecular formula is C15H24N2O. The fourth-order valence-electron chi connectivity index (χ4n) is 2.86. The summed E-state index contributed by atoms with van der Waals surface area (Å²) in [6.07, 6.45) is 10.6. The van der Waals surface area contributed by atoms with Gasteiger partial charge in [-0.25, -0.2) is 0 Å². The third kappa shape index (κ3) is 4.39. The van der Waals surface area contributed by atoms with Crippen molar-refractivity contribution in [2.45, 2.75) is 38.6 Å². The molecule has 0 spiro atoms. The molecule has 1 heterocycles. The molecule has 0 saturated heterocycles.